The number of nitrogens with one attached hydrogen (secondary N) is 1. The lowest BCUT2D eigenvalue weighted by molar-refractivity contribution is -0.129. The van der Waals surface area contributed by atoms with Crippen LogP contribution in [0.5, 0.6) is 0 Å². The number of rotatable bonds is 6. The Morgan fingerprint density at radius 2 is 2.00 bits per heavy atom. The Morgan fingerprint density at radius 1 is 1.24 bits per heavy atom. The molecule has 1 unspecified atom stereocenters. The van der Waals surface area contributed by atoms with Gasteiger partial charge in [0.05, 0.1) is 5.56 Å². The van der Waals surface area contributed by atoms with Gasteiger partial charge in [0.1, 0.15) is 0 Å². The smallest absolute Gasteiger partial charge is 0.339 e. The highest BCUT2D eigenvalue weighted by atomic mass is 32.1. The number of benzene rings is 1. The first-order valence-corrected chi connectivity index (χ1v) is 7.66. The summed E-state index contributed by atoms with van der Waals surface area (Å²) in [5, 5.41) is 6.26. The summed E-state index contributed by atoms with van der Waals surface area (Å²) in [6.45, 7) is 2.09. The second-order valence-electron chi connectivity index (χ2n) is 4.59. The molecule has 0 radical (unpaired) electrons. The number of thiophene rings is 1. The molecule has 110 valence electrons. The summed E-state index contributed by atoms with van der Waals surface area (Å²) in [7, 11) is 0. The van der Waals surface area contributed by atoms with Gasteiger partial charge < -0.3 is 10.1 Å². The Labute approximate surface area is 127 Å². The Kier molecular flexibility index (Phi) is 5.51. The van der Waals surface area contributed by atoms with Crippen LogP contribution in [0.15, 0.2) is 47.2 Å². The van der Waals surface area contributed by atoms with E-state index in [0.29, 0.717) is 12.1 Å². The Hall–Kier alpha value is -2.14. The third kappa shape index (κ3) is 4.72. The topological polar surface area (TPSA) is 55.4 Å². The highest BCUT2D eigenvalue weighted by molar-refractivity contribution is 7.08. The number of hydrogen-bond donors (Lipinski definition) is 1. The minimum absolute atomic E-state index is 0.283. The average molecular weight is 303 g/mol. The maximum atomic E-state index is 11.9. The van der Waals surface area contributed by atoms with Gasteiger partial charge in [0.25, 0.3) is 5.91 Å². The number of esters is 1. The summed E-state index contributed by atoms with van der Waals surface area (Å²) in [4.78, 5) is 23.6. The fraction of sp³-hybridized carbons (Fsp3) is 0.250. The van der Waals surface area contributed by atoms with E-state index in [-0.39, 0.29) is 5.91 Å². The maximum absolute atomic E-state index is 11.9. The van der Waals surface area contributed by atoms with Gasteiger partial charge in [-0.15, -0.1) is 0 Å². The van der Waals surface area contributed by atoms with E-state index in [9.17, 15) is 9.59 Å². The lowest BCUT2D eigenvalue weighted by Crippen LogP contribution is -2.36. The first-order valence-electron chi connectivity index (χ1n) is 6.71. The molecule has 2 aromatic rings. The van der Waals surface area contributed by atoms with Crippen molar-refractivity contribution in [1.82, 2.24) is 5.32 Å². The Morgan fingerprint density at radius 3 is 2.67 bits per heavy atom. The van der Waals surface area contributed by atoms with E-state index in [1.807, 2.05) is 30.3 Å². The number of hydrogen-bond acceptors (Lipinski definition) is 4. The largest absolute Gasteiger partial charge is 0.449 e. The van der Waals surface area contributed by atoms with Crippen LogP contribution in [0.25, 0.3) is 0 Å². The molecule has 0 fully saturated rings. The van der Waals surface area contributed by atoms with E-state index in [0.717, 1.165) is 12.0 Å². The third-order valence-electron chi connectivity index (χ3n) is 2.97. The zero-order chi connectivity index (χ0) is 15.1. The first kappa shape index (κ1) is 15.3. The molecule has 0 bridgehead atoms. The van der Waals surface area contributed by atoms with Crippen LogP contribution >= 0.6 is 11.3 Å². The number of ether oxygens (including phenoxy) is 1. The second kappa shape index (κ2) is 7.59. The summed E-state index contributed by atoms with van der Waals surface area (Å²) in [5.41, 5.74) is 1.63. The maximum Gasteiger partial charge on any atom is 0.339 e. The van der Waals surface area contributed by atoms with Gasteiger partial charge in [0.2, 0.25) is 0 Å². The normalized spacial score (nSPS) is 11.7. The van der Waals surface area contributed by atoms with E-state index in [4.69, 9.17) is 4.74 Å². The Balaban J connectivity index is 1.74. The summed E-state index contributed by atoms with van der Waals surface area (Å²) in [6, 6.07) is 11.6. The number of carbonyl (C=O) groups excluding carboxylic acids is 2. The van der Waals surface area contributed by atoms with Gasteiger partial charge in [-0.3, -0.25) is 4.79 Å². The van der Waals surface area contributed by atoms with Gasteiger partial charge >= 0.3 is 5.97 Å². The molecular formula is C16H17NO3S. The van der Waals surface area contributed by atoms with E-state index in [2.05, 4.69) is 5.32 Å². The van der Waals surface area contributed by atoms with Crippen LogP contribution in [0, 0.1) is 0 Å². The van der Waals surface area contributed by atoms with Crippen LogP contribution in [-0.2, 0) is 16.0 Å². The summed E-state index contributed by atoms with van der Waals surface area (Å²) in [6.07, 6.45) is -0.0502. The van der Waals surface area contributed by atoms with Crippen molar-refractivity contribution < 1.29 is 14.3 Å². The van der Waals surface area contributed by atoms with E-state index in [1.54, 1.807) is 23.8 Å². The quantitative estimate of drug-likeness (QED) is 0.835. The van der Waals surface area contributed by atoms with Gasteiger partial charge in [-0.05, 0) is 30.4 Å². The molecule has 2 rings (SSSR count). The predicted molar refractivity (Wildman–Crippen MR) is 82.4 cm³/mol. The zero-order valence-electron chi connectivity index (χ0n) is 11.7. The molecule has 0 aliphatic heterocycles. The van der Waals surface area contributed by atoms with Crippen molar-refractivity contribution in [2.24, 2.45) is 0 Å². The van der Waals surface area contributed by atoms with Crippen LogP contribution in [0.2, 0.25) is 0 Å². The number of carbonyl (C=O) groups is 2. The molecule has 5 heteroatoms. The van der Waals surface area contributed by atoms with Crippen molar-refractivity contribution in [3.63, 3.8) is 0 Å². The van der Waals surface area contributed by atoms with E-state index < -0.39 is 12.1 Å². The van der Waals surface area contributed by atoms with Crippen LogP contribution in [0.4, 0.5) is 0 Å². The fourth-order valence-electron chi connectivity index (χ4n) is 1.78. The summed E-state index contributed by atoms with van der Waals surface area (Å²) < 4.78 is 5.11. The third-order valence-corrected chi connectivity index (χ3v) is 3.65. The van der Waals surface area contributed by atoms with Crippen molar-refractivity contribution in [2.45, 2.75) is 19.4 Å². The summed E-state index contributed by atoms with van der Waals surface area (Å²) >= 11 is 1.41. The lowest BCUT2D eigenvalue weighted by atomic mass is 10.1. The van der Waals surface area contributed by atoms with Crippen LogP contribution < -0.4 is 5.32 Å². The van der Waals surface area contributed by atoms with Crippen molar-refractivity contribution in [2.75, 3.05) is 6.54 Å². The van der Waals surface area contributed by atoms with Gasteiger partial charge in [-0.1, -0.05) is 30.3 Å². The minimum atomic E-state index is -0.798. The van der Waals surface area contributed by atoms with Gasteiger partial charge in [0, 0.05) is 11.9 Å². The van der Waals surface area contributed by atoms with Gasteiger partial charge in [-0.25, -0.2) is 4.79 Å². The molecule has 1 heterocycles. The molecule has 0 aliphatic rings. The van der Waals surface area contributed by atoms with Crippen LogP contribution in [-0.4, -0.2) is 24.5 Å². The molecule has 1 aromatic carbocycles. The van der Waals surface area contributed by atoms with Crippen molar-refractivity contribution in [3.8, 4) is 0 Å². The number of amides is 1. The SMILES string of the molecule is CC(OC(=O)c1ccsc1)C(=O)NCCc1ccccc1. The molecule has 21 heavy (non-hydrogen) atoms. The highest BCUT2D eigenvalue weighted by Gasteiger charge is 2.18. The van der Waals surface area contributed by atoms with Gasteiger partial charge in [-0.2, -0.15) is 11.3 Å². The molecule has 0 spiro atoms. The first-order chi connectivity index (χ1) is 10.2. The van der Waals surface area contributed by atoms with Crippen molar-refractivity contribution >= 4 is 23.2 Å². The molecule has 0 aliphatic carbocycles. The van der Waals surface area contributed by atoms with E-state index in [1.165, 1.54) is 11.3 Å². The van der Waals surface area contributed by atoms with Crippen molar-refractivity contribution in [3.05, 3.63) is 58.3 Å². The fourth-order valence-corrected chi connectivity index (χ4v) is 2.41. The molecule has 1 atom stereocenters. The molecule has 0 saturated heterocycles. The molecule has 1 N–H and O–H groups in total. The minimum Gasteiger partial charge on any atom is -0.449 e. The molecule has 0 saturated carbocycles. The molecule has 4 nitrogen and oxygen atoms in total. The van der Waals surface area contributed by atoms with Gasteiger partial charge in [0.15, 0.2) is 6.10 Å². The Bertz CT molecular complexity index is 581. The zero-order valence-corrected chi connectivity index (χ0v) is 12.6. The molecular weight excluding hydrogens is 286 g/mol. The predicted octanol–water partition coefficient (Wildman–Crippen LogP) is 2.65. The molecule has 1 aromatic heterocycles. The van der Waals surface area contributed by atoms with Crippen molar-refractivity contribution in [1.29, 1.82) is 0 Å². The standard InChI is InChI=1S/C16H17NO3S/c1-12(20-16(19)14-8-10-21-11-14)15(18)17-9-7-13-5-3-2-4-6-13/h2-6,8,10-12H,7,9H2,1H3,(H,17,18). The average Bonchev–Trinajstić information content (AvgIpc) is 3.02. The lowest BCUT2D eigenvalue weighted by Gasteiger charge is -2.13. The van der Waals surface area contributed by atoms with Crippen LogP contribution in [0.3, 0.4) is 0 Å². The van der Waals surface area contributed by atoms with Crippen LogP contribution in [0.1, 0.15) is 22.8 Å². The highest BCUT2D eigenvalue weighted by Crippen LogP contribution is 2.09. The van der Waals surface area contributed by atoms with E-state index >= 15 is 0 Å². The monoisotopic (exact) mass is 303 g/mol. The summed E-state index contributed by atoms with van der Waals surface area (Å²) in [5.74, 6) is -0.753. The molecule has 1 amide bonds. The second-order valence-corrected chi connectivity index (χ2v) is 5.37.